The summed E-state index contributed by atoms with van der Waals surface area (Å²) >= 11 is 0. The molecule has 104 valence electrons. The molecule has 0 radical (unpaired) electrons. The van der Waals surface area contributed by atoms with E-state index >= 15 is 0 Å². The van der Waals surface area contributed by atoms with Gasteiger partial charge in [-0.25, -0.2) is 0 Å². The molecule has 1 amide bonds. The summed E-state index contributed by atoms with van der Waals surface area (Å²) in [5.41, 5.74) is 8.92. The molecule has 2 rings (SSSR count). The maximum Gasteiger partial charge on any atom is 0.248 e. The zero-order chi connectivity index (χ0) is 14.5. The van der Waals surface area contributed by atoms with Gasteiger partial charge in [0.05, 0.1) is 7.11 Å². The van der Waals surface area contributed by atoms with Crippen LogP contribution in [0.2, 0.25) is 0 Å². The average molecular weight is 270 g/mol. The molecule has 0 saturated heterocycles. The molecule has 4 nitrogen and oxygen atoms in total. The summed E-state index contributed by atoms with van der Waals surface area (Å²) in [6.07, 6.45) is 0. The number of hydrogen-bond donors (Lipinski definition) is 2. The van der Waals surface area contributed by atoms with Gasteiger partial charge >= 0.3 is 0 Å². The first-order chi connectivity index (χ1) is 9.60. The molecule has 4 heteroatoms. The average Bonchev–Trinajstić information content (AvgIpc) is 2.46. The van der Waals surface area contributed by atoms with E-state index in [-0.39, 0.29) is 0 Å². The van der Waals surface area contributed by atoms with E-state index in [0.29, 0.717) is 12.1 Å². The first kappa shape index (κ1) is 13.9. The largest absolute Gasteiger partial charge is 0.497 e. The molecule has 0 fully saturated rings. The van der Waals surface area contributed by atoms with E-state index in [1.165, 1.54) is 0 Å². The number of nitrogens with two attached hydrogens (primary N) is 1. The molecule has 0 unspecified atom stereocenters. The number of carbonyl (C=O) groups is 1. The third-order valence-electron chi connectivity index (χ3n) is 3.15. The lowest BCUT2D eigenvalue weighted by Gasteiger charge is -2.11. The fourth-order valence-electron chi connectivity index (χ4n) is 1.96. The molecule has 3 N–H and O–H groups in total. The minimum atomic E-state index is -0.408. The lowest BCUT2D eigenvalue weighted by atomic mass is 10.1. The number of anilines is 1. The van der Waals surface area contributed by atoms with E-state index < -0.39 is 5.91 Å². The number of ether oxygens (including phenoxy) is 1. The predicted molar refractivity (Wildman–Crippen MR) is 80.0 cm³/mol. The number of primary amides is 1. The standard InChI is InChI=1S/C16H18N2O2/c1-11-9-13(16(17)19)5-8-15(11)18-10-12-3-6-14(20-2)7-4-12/h3-9,18H,10H2,1-2H3,(H2,17,19). The summed E-state index contributed by atoms with van der Waals surface area (Å²) in [6, 6.07) is 13.3. The van der Waals surface area contributed by atoms with Crippen LogP contribution in [0.5, 0.6) is 5.75 Å². The van der Waals surface area contributed by atoms with Gasteiger partial charge in [0.15, 0.2) is 0 Å². The molecule has 0 heterocycles. The second-order valence-corrected chi connectivity index (χ2v) is 4.60. The molecule has 20 heavy (non-hydrogen) atoms. The van der Waals surface area contributed by atoms with Crippen LogP contribution in [0.3, 0.4) is 0 Å². The molecule has 0 saturated carbocycles. The maximum atomic E-state index is 11.1. The zero-order valence-corrected chi connectivity index (χ0v) is 11.6. The van der Waals surface area contributed by atoms with Crippen LogP contribution in [0, 0.1) is 6.92 Å². The van der Waals surface area contributed by atoms with Gasteiger partial charge in [0.1, 0.15) is 5.75 Å². The first-order valence-electron chi connectivity index (χ1n) is 6.37. The van der Waals surface area contributed by atoms with Crippen molar-refractivity contribution in [3.05, 3.63) is 59.2 Å². The number of nitrogens with one attached hydrogen (secondary N) is 1. The van der Waals surface area contributed by atoms with Crippen molar-refractivity contribution in [2.24, 2.45) is 5.73 Å². The fraction of sp³-hybridized carbons (Fsp3) is 0.188. The second-order valence-electron chi connectivity index (χ2n) is 4.60. The van der Waals surface area contributed by atoms with Crippen molar-refractivity contribution in [2.75, 3.05) is 12.4 Å². The van der Waals surface area contributed by atoms with Crippen molar-refractivity contribution in [3.8, 4) is 5.75 Å². The number of amides is 1. The van der Waals surface area contributed by atoms with Gasteiger partial charge in [-0.15, -0.1) is 0 Å². The van der Waals surface area contributed by atoms with Crippen molar-refractivity contribution in [2.45, 2.75) is 13.5 Å². The SMILES string of the molecule is COc1ccc(CNc2ccc(C(N)=O)cc2C)cc1. The summed E-state index contributed by atoms with van der Waals surface area (Å²) in [7, 11) is 1.65. The number of aryl methyl sites for hydroxylation is 1. The van der Waals surface area contributed by atoms with Gasteiger partial charge in [-0.2, -0.15) is 0 Å². The summed E-state index contributed by atoms with van der Waals surface area (Å²) < 4.78 is 5.12. The monoisotopic (exact) mass is 270 g/mol. The van der Waals surface area contributed by atoms with Crippen LogP contribution in [-0.4, -0.2) is 13.0 Å². The van der Waals surface area contributed by atoms with Gasteiger partial charge < -0.3 is 15.8 Å². The molecule has 2 aromatic carbocycles. The molecule has 0 atom stereocenters. The smallest absolute Gasteiger partial charge is 0.248 e. The van der Waals surface area contributed by atoms with E-state index in [0.717, 1.165) is 22.6 Å². The summed E-state index contributed by atoms with van der Waals surface area (Å²) in [5.74, 6) is 0.436. The van der Waals surface area contributed by atoms with Crippen molar-refractivity contribution >= 4 is 11.6 Å². The number of methoxy groups -OCH3 is 1. The van der Waals surface area contributed by atoms with Gasteiger partial charge in [0.25, 0.3) is 0 Å². The molecule has 0 aliphatic heterocycles. The Morgan fingerprint density at radius 1 is 1.20 bits per heavy atom. The third kappa shape index (κ3) is 3.29. The van der Waals surface area contributed by atoms with Crippen LogP contribution in [0.4, 0.5) is 5.69 Å². The van der Waals surface area contributed by atoms with Crippen LogP contribution >= 0.6 is 0 Å². The molecule has 2 aromatic rings. The Hall–Kier alpha value is -2.49. The van der Waals surface area contributed by atoms with Crippen molar-refractivity contribution < 1.29 is 9.53 Å². The minimum Gasteiger partial charge on any atom is -0.497 e. The zero-order valence-electron chi connectivity index (χ0n) is 11.6. The Morgan fingerprint density at radius 2 is 1.90 bits per heavy atom. The Labute approximate surface area is 118 Å². The molecular formula is C16H18N2O2. The van der Waals surface area contributed by atoms with E-state index in [1.54, 1.807) is 19.2 Å². The number of benzene rings is 2. The number of rotatable bonds is 5. The first-order valence-corrected chi connectivity index (χ1v) is 6.37. The predicted octanol–water partition coefficient (Wildman–Crippen LogP) is 2.71. The van der Waals surface area contributed by atoms with Crippen LogP contribution in [0.15, 0.2) is 42.5 Å². The Kier molecular flexibility index (Phi) is 4.25. The minimum absolute atomic E-state index is 0.408. The molecule has 0 bridgehead atoms. The van der Waals surface area contributed by atoms with Crippen molar-refractivity contribution in [1.29, 1.82) is 0 Å². The highest BCUT2D eigenvalue weighted by molar-refractivity contribution is 5.93. The highest BCUT2D eigenvalue weighted by Gasteiger charge is 2.04. The number of carbonyl (C=O) groups excluding carboxylic acids is 1. The van der Waals surface area contributed by atoms with Crippen LogP contribution in [0.25, 0.3) is 0 Å². The van der Waals surface area contributed by atoms with Crippen LogP contribution in [0.1, 0.15) is 21.5 Å². The lowest BCUT2D eigenvalue weighted by Crippen LogP contribution is -2.11. The fourth-order valence-corrected chi connectivity index (χ4v) is 1.96. The van der Waals surface area contributed by atoms with Gasteiger partial charge in [0.2, 0.25) is 5.91 Å². The van der Waals surface area contributed by atoms with Crippen LogP contribution < -0.4 is 15.8 Å². The Morgan fingerprint density at radius 3 is 2.45 bits per heavy atom. The van der Waals surface area contributed by atoms with Crippen molar-refractivity contribution in [3.63, 3.8) is 0 Å². The van der Waals surface area contributed by atoms with Gasteiger partial charge in [-0.3, -0.25) is 4.79 Å². The van der Waals surface area contributed by atoms with Crippen LogP contribution in [-0.2, 0) is 6.54 Å². The van der Waals surface area contributed by atoms with E-state index in [4.69, 9.17) is 10.5 Å². The van der Waals surface area contributed by atoms with Gasteiger partial charge in [-0.1, -0.05) is 12.1 Å². The molecule has 0 aromatic heterocycles. The lowest BCUT2D eigenvalue weighted by molar-refractivity contribution is 0.1000. The highest BCUT2D eigenvalue weighted by Crippen LogP contribution is 2.18. The number of hydrogen-bond acceptors (Lipinski definition) is 3. The van der Waals surface area contributed by atoms with E-state index in [2.05, 4.69) is 5.32 Å². The summed E-state index contributed by atoms with van der Waals surface area (Å²) in [6.45, 7) is 2.66. The molecule has 0 aliphatic carbocycles. The summed E-state index contributed by atoms with van der Waals surface area (Å²) in [5, 5.41) is 3.34. The van der Waals surface area contributed by atoms with E-state index in [9.17, 15) is 4.79 Å². The third-order valence-corrected chi connectivity index (χ3v) is 3.15. The maximum absolute atomic E-state index is 11.1. The van der Waals surface area contributed by atoms with E-state index in [1.807, 2.05) is 37.3 Å². The molecular weight excluding hydrogens is 252 g/mol. The van der Waals surface area contributed by atoms with Crippen molar-refractivity contribution in [1.82, 2.24) is 0 Å². The quantitative estimate of drug-likeness (QED) is 0.878. The van der Waals surface area contributed by atoms with Gasteiger partial charge in [-0.05, 0) is 48.4 Å². The Bertz CT molecular complexity index is 606. The Balaban J connectivity index is 2.04. The normalized spacial score (nSPS) is 10.1. The molecule has 0 spiro atoms. The topological polar surface area (TPSA) is 64.3 Å². The highest BCUT2D eigenvalue weighted by atomic mass is 16.5. The summed E-state index contributed by atoms with van der Waals surface area (Å²) in [4.78, 5) is 11.1. The molecule has 0 aliphatic rings. The second kappa shape index (κ2) is 6.10. The van der Waals surface area contributed by atoms with Gasteiger partial charge in [0, 0.05) is 17.8 Å².